The van der Waals surface area contributed by atoms with E-state index in [0.29, 0.717) is 5.02 Å². The molecular formula is C24H24ClFN2O2. The van der Waals surface area contributed by atoms with Gasteiger partial charge in [-0.05, 0) is 53.9 Å². The molecule has 1 unspecified atom stereocenters. The van der Waals surface area contributed by atoms with Crippen molar-refractivity contribution in [2.45, 2.75) is 26.5 Å². The largest absolute Gasteiger partial charge is 0.459 e. The number of ether oxygens (including phenoxy) is 1. The van der Waals surface area contributed by atoms with E-state index in [2.05, 4.69) is 10.6 Å². The number of hydrogen-bond acceptors (Lipinski definition) is 4. The maximum atomic E-state index is 14.1. The Labute approximate surface area is 181 Å². The number of carbonyl (C=O) groups excluding carboxylic acids is 1. The fourth-order valence-corrected chi connectivity index (χ4v) is 3.10. The lowest BCUT2D eigenvalue weighted by Gasteiger charge is -2.22. The topological polar surface area (TPSA) is 50.4 Å². The quantitative estimate of drug-likeness (QED) is 0.409. The molecule has 0 fully saturated rings. The minimum absolute atomic E-state index is 0.0985. The molecule has 156 valence electrons. The van der Waals surface area contributed by atoms with Gasteiger partial charge in [0.05, 0.1) is 5.69 Å². The minimum Gasteiger partial charge on any atom is -0.459 e. The Balaban J connectivity index is 1.63. The van der Waals surface area contributed by atoms with Gasteiger partial charge in [0, 0.05) is 16.4 Å². The average molecular weight is 427 g/mol. The molecule has 4 nitrogen and oxygen atoms in total. The van der Waals surface area contributed by atoms with Crippen LogP contribution in [0.25, 0.3) is 0 Å². The van der Waals surface area contributed by atoms with Gasteiger partial charge >= 0.3 is 5.97 Å². The average Bonchev–Trinajstić information content (AvgIpc) is 2.72. The summed E-state index contributed by atoms with van der Waals surface area (Å²) in [5.74, 6) is -1.06. The Kier molecular flexibility index (Phi) is 7.31. The second-order valence-electron chi connectivity index (χ2n) is 7.29. The van der Waals surface area contributed by atoms with Crippen molar-refractivity contribution in [2.75, 3.05) is 10.6 Å². The van der Waals surface area contributed by atoms with E-state index in [-0.39, 0.29) is 18.2 Å². The van der Waals surface area contributed by atoms with E-state index in [1.165, 1.54) is 12.1 Å². The normalized spacial score (nSPS) is 11.8. The van der Waals surface area contributed by atoms with Crippen molar-refractivity contribution in [3.05, 3.63) is 89.2 Å². The Morgan fingerprint density at radius 3 is 2.43 bits per heavy atom. The summed E-state index contributed by atoms with van der Waals surface area (Å²) < 4.78 is 19.6. The first-order valence-corrected chi connectivity index (χ1v) is 10.1. The van der Waals surface area contributed by atoms with E-state index < -0.39 is 17.8 Å². The van der Waals surface area contributed by atoms with Gasteiger partial charge in [0.25, 0.3) is 0 Å². The van der Waals surface area contributed by atoms with Crippen LogP contribution < -0.4 is 10.6 Å². The van der Waals surface area contributed by atoms with Crippen LogP contribution in [0.3, 0.4) is 0 Å². The first kappa shape index (κ1) is 21.7. The predicted molar refractivity (Wildman–Crippen MR) is 120 cm³/mol. The molecule has 0 radical (unpaired) electrons. The molecule has 3 aromatic rings. The number of rotatable bonds is 8. The van der Waals surface area contributed by atoms with Gasteiger partial charge in [-0.15, -0.1) is 0 Å². The lowest BCUT2D eigenvalue weighted by atomic mass is 10.0. The second-order valence-corrected chi connectivity index (χ2v) is 7.73. The lowest BCUT2D eigenvalue weighted by molar-refractivity contribution is -0.146. The van der Waals surface area contributed by atoms with Crippen LogP contribution in [0.1, 0.15) is 19.4 Å². The Morgan fingerprint density at radius 1 is 1.00 bits per heavy atom. The van der Waals surface area contributed by atoms with Crippen molar-refractivity contribution in [2.24, 2.45) is 5.92 Å². The molecule has 0 amide bonds. The molecule has 0 heterocycles. The molecule has 2 N–H and O–H groups in total. The van der Waals surface area contributed by atoms with Crippen molar-refractivity contribution in [1.82, 2.24) is 0 Å². The van der Waals surface area contributed by atoms with Crippen LogP contribution in [0.15, 0.2) is 72.8 Å². The number of anilines is 3. The van der Waals surface area contributed by atoms with Gasteiger partial charge in [-0.2, -0.15) is 0 Å². The molecule has 0 aliphatic carbocycles. The van der Waals surface area contributed by atoms with E-state index in [9.17, 15) is 9.18 Å². The van der Waals surface area contributed by atoms with Gasteiger partial charge in [-0.1, -0.05) is 55.8 Å². The summed E-state index contributed by atoms with van der Waals surface area (Å²) in [7, 11) is 0. The molecule has 3 rings (SSSR count). The summed E-state index contributed by atoms with van der Waals surface area (Å²) in [6, 6.07) is 21.1. The summed E-state index contributed by atoms with van der Waals surface area (Å²) in [4.78, 5) is 12.7. The van der Waals surface area contributed by atoms with Crippen LogP contribution in [0.2, 0.25) is 5.02 Å². The van der Waals surface area contributed by atoms with Gasteiger partial charge in [0.1, 0.15) is 18.5 Å². The van der Waals surface area contributed by atoms with Crippen LogP contribution in [-0.2, 0) is 16.1 Å². The molecule has 0 aliphatic rings. The molecule has 1 atom stereocenters. The highest BCUT2D eigenvalue weighted by molar-refractivity contribution is 6.30. The number of carbonyl (C=O) groups is 1. The van der Waals surface area contributed by atoms with E-state index >= 15 is 0 Å². The zero-order valence-electron chi connectivity index (χ0n) is 16.9. The molecule has 0 saturated heterocycles. The third-order valence-corrected chi connectivity index (χ3v) is 4.77. The summed E-state index contributed by atoms with van der Waals surface area (Å²) in [5.41, 5.74) is 2.94. The van der Waals surface area contributed by atoms with Gasteiger partial charge < -0.3 is 15.4 Å². The second kappa shape index (κ2) is 10.1. The van der Waals surface area contributed by atoms with E-state index in [1.54, 1.807) is 6.07 Å². The summed E-state index contributed by atoms with van der Waals surface area (Å²) in [6.07, 6.45) is 0. The van der Waals surface area contributed by atoms with Crippen molar-refractivity contribution in [3.63, 3.8) is 0 Å². The zero-order chi connectivity index (χ0) is 21.5. The van der Waals surface area contributed by atoms with Crippen LogP contribution >= 0.6 is 11.6 Å². The van der Waals surface area contributed by atoms with Crippen LogP contribution in [-0.4, -0.2) is 12.0 Å². The highest BCUT2D eigenvalue weighted by Crippen LogP contribution is 2.22. The molecular weight excluding hydrogens is 403 g/mol. The zero-order valence-corrected chi connectivity index (χ0v) is 17.6. The fourth-order valence-electron chi connectivity index (χ4n) is 2.94. The Hall–Kier alpha value is -3.05. The number of nitrogens with one attached hydrogen (secondary N) is 2. The van der Waals surface area contributed by atoms with Crippen molar-refractivity contribution < 1.29 is 13.9 Å². The molecule has 30 heavy (non-hydrogen) atoms. The van der Waals surface area contributed by atoms with Gasteiger partial charge in [0.2, 0.25) is 0 Å². The summed E-state index contributed by atoms with van der Waals surface area (Å²) in [6.45, 7) is 3.87. The lowest BCUT2D eigenvalue weighted by Crippen LogP contribution is -2.36. The SMILES string of the molecule is CC(C)C(Nc1ccc(Cl)cc1F)C(=O)OCc1cccc(Nc2ccccc2)c1. The maximum Gasteiger partial charge on any atom is 0.329 e. The van der Waals surface area contributed by atoms with Crippen molar-refractivity contribution >= 4 is 34.6 Å². The predicted octanol–water partition coefficient (Wildman–Crippen LogP) is 6.40. The molecule has 0 saturated carbocycles. The van der Waals surface area contributed by atoms with E-state index in [1.807, 2.05) is 68.4 Å². The summed E-state index contributed by atoms with van der Waals surface area (Å²) >= 11 is 5.80. The molecule has 3 aromatic carbocycles. The standard InChI is InChI=1S/C24H24ClFN2O2/c1-16(2)23(28-22-12-11-18(25)14-21(22)26)24(29)30-15-17-7-6-10-20(13-17)27-19-8-4-3-5-9-19/h3-14,16,23,27-28H,15H2,1-2H3. The van der Waals surface area contributed by atoms with Crippen LogP contribution in [0.5, 0.6) is 0 Å². The van der Waals surface area contributed by atoms with E-state index in [0.717, 1.165) is 16.9 Å². The number of para-hydroxylation sites is 1. The number of halogens is 2. The van der Waals surface area contributed by atoms with Crippen molar-refractivity contribution in [3.8, 4) is 0 Å². The Bertz CT molecular complexity index is 996. The number of benzene rings is 3. The number of hydrogen-bond donors (Lipinski definition) is 2. The van der Waals surface area contributed by atoms with Crippen molar-refractivity contribution in [1.29, 1.82) is 0 Å². The third-order valence-electron chi connectivity index (χ3n) is 4.53. The van der Waals surface area contributed by atoms with Crippen LogP contribution in [0, 0.1) is 11.7 Å². The number of esters is 1. The van der Waals surface area contributed by atoms with Gasteiger partial charge in [-0.25, -0.2) is 9.18 Å². The maximum absolute atomic E-state index is 14.1. The minimum atomic E-state index is -0.689. The highest BCUT2D eigenvalue weighted by atomic mass is 35.5. The highest BCUT2D eigenvalue weighted by Gasteiger charge is 2.24. The molecule has 0 bridgehead atoms. The smallest absolute Gasteiger partial charge is 0.329 e. The third kappa shape index (κ3) is 5.97. The molecule has 0 aromatic heterocycles. The van der Waals surface area contributed by atoms with Gasteiger partial charge in [0.15, 0.2) is 0 Å². The van der Waals surface area contributed by atoms with E-state index in [4.69, 9.17) is 16.3 Å². The monoisotopic (exact) mass is 426 g/mol. The van der Waals surface area contributed by atoms with Crippen LogP contribution in [0.4, 0.5) is 21.5 Å². The fraction of sp³-hybridized carbons (Fsp3) is 0.208. The molecule has 0 aliphatic heterocycles. The molecule has 0 spiro atoms. The molecule has 6 heteroatoms. The first-order chi connectivity index (χ1) is 14.4. The Morgan fingerprint density at radius 2 is 1.73 bits per heavy atom. The first-order valence-electron chi connectivity index (χ1n) is 9.71. The van der Waals surface area contributed by atoms with Gasteiger partial charge in [-0.3, -0.25) is 0 Å². The summed E-state index contributed by atoms with van der Waals surface area (Å²) in [5, 5.41) is 6.54.